The number of hydrogen-bond donors (Lipinski definition) is 2. The van der Waals surface area contributed by atoms with Crippen LogP contribution in [0.1, 0.15) is 72.1 Å². The van der Waals surface area contributed by atoms with E-state index in [1.165, 1.54) is 12.8 Å². The summed E-state index contributed by atoms with van der Waals surface area (Å²) in [7, 11) is 0. The SMILES string of the molecule is CCCC(C)(C)NC(=O)C1(C(N)=S)CCCCCC1. The van der Waals surface area contributed by atoms with Crippen molar-refractivity contribution in [2.75, 3.05) is 0 Å². The zero-order chi connectivity index (χ0) is 14.5. The van der Waals surface area contributed by atoms with Gasteiger partial charge >= 0.3 is 0 Å². The first-order chi connectivity index (χ1) is 8.84. The molecule has 0 atom stereocenters. The molecule has 1 rings (SSSR count). The minimum absolute atomic E-state index is 0.0420. The number of carbonyl (C=O) groups is 1. The molecule has 110 valence electrons. The molecule has 3 N–H and O–H groups in total. The Bertz CT molecular complexity index is 331. The van der Waals surface area contributed by atoms with Crippen LogP contribution in [0, 0.1) is 5.41 Å². The van der Waals surface area contributed by atoms with Gasteiger partial charge in [-0.1, -0.05) is 51.2 Å². The van der Waals surface area contributed by atoms with E-state index in [2.05, 4.69) is 26.1 Å². The summed E-state index contributed by atoms with van der Waals surface area (Å²) in [5.74, 6) is 0.0420. The van der Waals surface area contributed by atoms with Gasteiger partial charge in [0.25, 0.3) is 0 Å². The predicted octanol–water partition coefficient (Wildman–Crippen LogP) is 3.31. The second-order valence-corrected chi connectivity index (χ2v) is 6.89. The van der Waals surface area contributed by atoms with Crippen molar-refractivity contribution < 1.29 is 4.79 Å². The Morgan fingerprint density at radius 1 is 1.26 bits per heavy atom. The van der Waals surface area contributed by atoms with E-state index < -0.39 is 5.41 Å². The van der Waals surface area contributed by atoms with Crippen LogP contribution in [0.4, 0.5) is 0 Å². The van der Waals surface area contributed by atoms with Crippen LogP contribution in [0.2, 0.25) is 0 Å². The third kappa shape index (κ3) is 4.16. The van der Waals surface area contributed by atoms with Gasteiger partial charge in [0.2, 0.25) is 5.91 Å². The van der Waals surface area contributed by atoms with Gasteiger partial charge in [-0.15, -0.1) is 0 Å². The number of carbonyl (C=O) groups excluding carboxylic acids is 1. The molecule has 1 saturated carbocycles. The summed E-state index contributed by atoms with van der Waals surface area (Å²) in [5, 5.41) is 3.17. The molecule has 0 aliphatic heterocycles. The lowest BCUT2D eigenvalue weighted by atomic mass is 9.78. The molecule has 1 fully saturated rings. The fourth-order valence-corrected chi connectivity index (χ4v) is 3.33. The minimum atomic E-state index is -0.614. The Kier molecular flexibility index (Phi) is 5.78. The van der Waals surface area contributed by atoms with Crippen LogP contribution in [-0.4, -0.2) is 16.4 Å². The van der Waals surface area contributed by atoms with Crippen molar-refractivity contribution in [3.8, 4) is 0 Å². The van der Waals surface area contributed by atoms with E-state index in [0.717, 1.165) is 38.5 Å². The predicted molar refractivity (Wildman–Crippen MR) is 84.1 cm³/mol. The molecule has 0 aromatic rings. The highest BCUT2D eigenvalue weighted by Crippen LogP contribution is 2.36. The maximum absolute atomic E-state index is 12.7. The first-order valence-corrected chi connectivity index (χ1v) is 7.87. The summed E-state index contributed by atoms with van der Waals surface area (Å²) in [4.78, 5) is 13.1. The van der Waals surface area contributed by atoms with Gasteiger partial charge in [-0.05, 0) is 33.1 Å². The van der Waals surface area contributed by atoms with Crippen LogP contribution in [0.15, 0.2) is 0 Å². The molecule has 19 heavy (non-hydrogen) atoms. The summed E-state index contributed by atoms with van der Waals surface area (Å²) in [6.07, 6.45) is 8.05. The fraction of sp³-hybridized carbons (Fsp3) is 0.867. The number of hydrogen-bond acceptors (Lipinski definition) is 2. The first kappa shape index (κ1) is 16.4. The molecule has 4 heteroatoms. The monoisotopic (exact) mass is 284 g/mol. The first-order valence-electron chi connectivity index (χ1n) is 7.46. The lowest BCUT2D eigenvalue weighted by Gasteiger charge is -2.35. The van der Waals surface area contributed by atoms with Crippen LogP contribution in [0.5, 0.6) is 0 Å². The second-order valence-electron chi connectivity index (χ2n) is 6.45. The number of thiocarbonyl (C=S) groups is 1. The zero-order valence-electron chi connectivity index (χ0n) is 12.6. The van der Waals surface area contributed by atoms with Crippen molar-refractivity contribution in [1.29, 1.82) is 0 Å². The Morgan fingerprint density at radius 3 is 2.21 bits per heavy atom. The van der Waals surface area contributed by atoms with Crippen molar-refractivity contribution in [3.05, 3.63) is 0 Å². The van der Waals surface area contributed by atoms with E-state index in [9.17, 15) is 4.79 Å². The van der Waals surface area contributed by atoms with E-state index in [0.29, 0.717) is 4.99 Å². The maximum Gasteiger partial charge on any atom is 0.233 e. The Labute approximate surface area is 122 Å². The third-order valence-electron chi connectivity index (χ3n) is 4.19. The Morgan fingerprint density at radius 2 is 1.79 bits per heavy atom. The normalized spacial score (nSPS) is 19.5. The molecular formula is C15H28N2OS. The molecule has 1 aliphatic rings. The molecule has 0 saturated heterocycles. The average Bonchev–Trinajstić information content (AvgIpc) is 2.54. The van der Waals surface area contributed by atoms with Crippen LogP contribution in [-0.2, 0) is 4.79 Å². The van der Waals surface area contributed by atoms with Crippen LogP contribution in [0.3, 0.4) is 0 Å². The molecule has 1 aliphatic carbocycles. The van der Waals surface area contributed by atoms with Gasteiger partial charge in [0.05, 0.1) is 10.4 Å². The van der Waals surface area contributed by atoms with E-state index in [-0.39, 0.29) is 11.4 Å². The molecule has 0 aromatic carbocycles. The number of nitrogens with two attached hydrogens (primary N) is 1. The van der Waals surface area contributed by atoms with E-state index in [1.54, 1.807) is 0 Å². The standard InChI is InChI=1S/C15H28N2OS/c1-4-9-14(2,3)17-13(18)15(12(16)19)10-7-5-6-8-11-15/h4-11H2,1-3H3,(H2,16,19)(H,17,18). The lowest BCUT2D eigenvalue weighted by molar-refractivity contribution is -0.129. The Balaban J connectivity index is 2.86. The maximum atomic E-state index is 12.7. The molecule has 0 bridgehead atoms. The van der Waals surface area contributed by atoms with E-state index in [4.69, 9.17) is 18.0 Å². The largest absolute Gasteiger partial charge is 0.392 e. The minimum Gasteiger partial charge on any atom is -0.392 e. The average molecular weight is 284 g/mol. The van der Waals surface area contributed by atoms with Gasteiger partial charge in [-0.3, -0.25) is 4.79 Å². The van der Waals surface area contributed by atoms with Crippen LogP contribution < -0.4 is 11.1 Å². The topological polar surface area (TPSA) is 55.1 Å². The third-order valence-corrected chi connectivity index (χ3v) is 4.58. The van der Waals surface area contributed by atoms with E-state index >= 15 is 0 Å². The zero-order valence-corrected chi connectivity index (χ0v) is 13.4. The van der Waals surface area contributed by atoms with Crippen molar-refractivity contribution in [1.82, 2.24) is 5.32 Å². The van der Waals surface area contributed by atoms with Crippen molar-refractivity contribution in [2.24, 2.45) is 11.1 Å². The highest BCUT2D eigenvalue weighted by molar-refractivity contribution is 7.80. The lowest BCUT2D eigenvalue weighted by Crippen LogP contribution is -2.54. The highest BCUT2D eigenvalue weighted by Gasteiger charge is 2.42. The highest BCUT2D eigenvalue weighted by atomic mass is 32.1. The summed E-state index contributed by atoms with van der Waals surface area (Å²) < 4.78 is 0. The quantitative estimate of drug-likeness (QED) is 0.601. The number of rotatable bonds is 5. The van der Waals surface area contributed by atoms with Gasteiger partial charge in [0, 0.05) is 5.54 Å². The van der Waals surface area contributed by atoms with Gasteiger partial charge in [0.1, 0.15) is 0 Å². The van der Waals surface area contributed by atoms with Crippen molar-refractivity contribution in [3.63, 3.8) is 0 Å². The van der Waals surface area contributed by atoms with Crippen molar-refractivity contribution in [2.45, 2.75) is 77.7 Å². The summed E-state index contributed by atoms with van der Waals surface area (Å²) in [6.45, 7) is 6.26. The summed E-state index contributed by atoms with van der Waals surface area (Å²) >= 11 is 5.23. The van der Waals surface area contributed by atoms with Gasteiger partial charge in [-0.25, -0.2) is 0 Å². The van der Waals surface area contributed by atoms with Crippen molar-refractivity contribution >= 4 is 23.1 Å². The molecular weight excluding hydrogens is 256 g/mol. The van der Waals surface area contributed by atoms with Gasteiger partial charge in [0.15, 0.2) is 0 Å². The van der Waals surface area contributed by atoms with Crippen LogP contribution >= 0.6 is 12.2 Å². The number of amides is 1. The van der Waals surface area contributed by atoms with Gasteiger partial charge in [-0.2, -0.15) is 0 Å². The number of nitrogens with one attached hydrogen (secondary N) is 1. The molecule has 1 amide bonds. The molecule has 0 spiro atoms. The smallest absolute Gasteiger partial charge is 0.233 e. The summed E-state index contributed by atoms with van der Waals surface area (Å²) in [5.41, 5.74) is 5.14. The Hall–Kier alpha value is -0.640. The summed E-state index contributed by atoms with van der Waals surface area (Å²) in [6, 6.07) is 0. The molecule has 0 radical (unpaired) electrons. The fourth-order valence-electron chi connectivity index (χ4n) is 3.03. The second kappa shape index (κ2) is 6.69. The molecule has 0 unspecified atom stereocenters. The van der Waals surface area contributed by atoms with Gasteiger partial charge < -0.3 is 11.1 Å². The molecule has 0 aromatic heterocycles. The van der Waals surface area contributed by atoms with E-state index in [1.807, 2.05) is 0 Å². The van der Waals surface area contributed by atoms with Crippen LogP contribution in [0.25, 0.3) is 0 Å². The molecule has 3 nitrogen and oxygen atoms in total. The molecule has 0 heterocycles.